The van der Waals surface area contributed by atoms with Crippen LogP contribution >= 0.6 is 0 Å². The minimum atomic E-state index is 0.0280. The Morgan fingerprint density at radius 1 is 1.00 bits per heavy atom. The maximum absolute atomic E-state index is 6.85. The van der Waals surface area contributed by atoms with E-state index in [2.05, 4.69) is 85.5 Å². The van der Waals surface area contributed by atoms with E-state index in [1.165, 1.54) is 47.8 Å². The minimum absolute atomic E-state index is 0.0280. The molecule has 1 aliphatic heterocycles. The van der Waals surface area contributed by atoms with Crippen molar-refractivity contribution >= 4 is 10.9 Å². The fraction of sp³-hybridized carbons (Fsp3) is 0.500. The third-order valence-electron chi connectivity index (χ3n) is 8.08. The summed E-state index contributed by atoms with van der Waals surface area (Å²) in [4.78, 5) is 6.20. The van der Waals surface area contributed by atoms with E-state index in [4.69, 9.17) is 4.74 Å². The number of nitrogens with one attached hydrogen (secondary N) is 1. The number of aromatic nitrogens is 1. The lowest BCUT2D eigenvalue weighted by atomic mass is 9.76. The normalized spacial score (nSPS) is 25.2. The average molecular weight is 417 g/mol. The van der Waals surface area contributed by atoms with E-state index < -0.39 is 0 Å². The number of aromatic amines is 1. The minimum Gasteiger partial charge on any atom is -0.368 e. The van der Waals surface area contributed by atoms with Crippen molar-refractivity contribution in [2.45, 2.75) is 75.5 Å². The van der Waals surface area contributed by atoms with Crippen LogP contribution in [0.25, 0.3) is 10.9 Å². The van der Waals surface area contributed by atoms with Crippen molar-refractivity contribution in [1.82, 2.24) is 9.88 Å². The molecule has 1 aliphatic carbocycles. The SMILES string of the molecule is CCC(CCC1OC2CCCCC2c2c1[nH]c1ccccc21)(c1ccccc1)N(C)C. The number of hydrogen-bond donors (Lipinski definition) is 1. The number of ether oxygens (including phenoxy) is 1. The van der Waals surface area contributed by atoms with Gasteiger partial charge in [0.2, 0.25) is 0 Å². The second-order valence-electron chi connectivity index (χ2n) is 9.74. The molecule has 2 aromatic carbocycles. The van der Waals surface area contributed by atoms with E-state index in [1.54, 1.807) is 5.56 Å². The Hall–Kier alpha value is -2.10. The Labute approximate surface area is 186 Å². The van der Waals surface area contributed by atoms with Crippen LogP contribution in [0.1, 0.15) is 80.7 Å². The van der Waals surface area contributed by atoms with E-state index in [1.807, 2.05) is 0 Å². The fourth-order valence-electron chi connectivity index (χ4n) is 6.36. The molecule has 0 saturated heterocycles. The van der Waals surface area contributed by atoms with Gasteiger partial charge in [0.25, 0.3) is 0 Å². The van der Waals surface area contributed by atoms with Crippen molar-refractivity contribution in [2.75, 3.05) is 14.1 Å². The molecule has 2 heterocycles. The third-order valence-corrected chi connectivity index (χ3v) is 8.08. The first kappa shape index (κ1) is 20.8. The number of rotatable bonds is 6. The molecule has 0 amide bonds. The molecule has 5 rings (SSSR count). The Morgan fingerprint density at radius 3 is 2.52 bits per heavy atom. The maximum atomic E-state index is 6.85. The molecule has 0 radical (unpaired) electrons. The summed E-state index contributed by atoms with van der Waals surface area (Å²) >= 11 is 0. The van der Waals surface area contributed by atoms with Crippen molar-refractivity contribution in [3.63, 3.8) is 0 Å². The smallest absolute Gasteiger partial charge is 0.0980 e. The molecule has 2 aliphatic rings. The van der Waals surface area contributed by atoms with Crippen LogP contribution in [0, 0.1) is 0 Å². The van der Waals surface area contributed by atoms with E-state index in [0.717, 1.165) is 19.3 Å². The lowest BCUT2D eigenvalue weighted by Crippen LogP contribution is -2.42. The molecule has 31 heavy (non-hydrogen) atoms. The number of para-hydroxylation sites is 1. The summed E-state index contributed by atoms with van der Waals surface area (Å²) in [5, 5.41) is 1.42. The van der Waals surface area contributed by atoms with Gasteiger partial charge in [-0.15, -0.1) is 0 Å². The van der Waals surface area contributed by atoms with Crippen molar-refractivity contribution in [1.29, 1.82) is 0 Å². The van der Waals surface area contributed by atoms with E-state index in [0.29, 0.717) is 12.0 Å². The highest BCUT2D eigenvalue weighted by atomic mass is 16.5. The molecule has 164 valence electrons. The second kappa shape index (κ2) is 8.44. The van der Waals surface area contributed by atoms with E-state index in [-0.39, 0.29) is 11.6 Å². The van der Waals surface area contributed by atoms with Crippen LogP contribution in [0.3, 0.4) is 0 Å². The molecular formula is C28H36N2O. The highest BCUT2D eigenvalue weighted by molar-refractivity contribution is 5.85. The van der Waals surface area contributed by atoms with Gasteiger partial charge in [0.05, 0.1) is 12.2 Å². The molecule has 4 atom stereocenters. The van der Waals surface area contributed by atoms with Crippen molar-refractivity contribution < 1.29 is 4.74 Å². The van der Waals surface area contributed by atoms with Crippen LogP contribution in [0.5, 0.6) is 0 Å². The van der Waals surface area contributed by atoms with E-state index in [9.17, 15) is 0 Å². The topological polar surface area (TPSA) is 28.3 Å². The molecule has 3 heteroatoms. The molecular weight excluding hydrogens is 380 g/mol. The van der Waals surface area contributed by atoms with Crippen LogP contribution in [0.15, 0.2) is 54.6 Å². The first-order chi connectivity index (χ1) is 15.1. The summed E-state index contributed by atoms with van der Waals surface area (Å²) in [6.45, 7) is 2.32. The zero-order chi connectivity index (χ0) is 21.4. The van der Waals surface area contributed by atoms with Crippen molar-refractivity contribution in [3.8, 4) is 0 Å². The summed E-state index contributed by atoms with van der Waals surface area (Å²) < 4.78 is 6.85. The van der Waals surface area contributed by atoms with Crippen LogP contribution in [0.2, 0.25) is 0 Å². The standard InChI is InChI=1S/C28H36N2O/c1-4-28(30(2)3,20-12-6-5-7-13-20)19-18-25-27-26(21-14-8-10-16-23(21)29-27)22-15-9-11-17-24(22)31-25/h5-8,10,12-14,16,22,24-25,29H,4,9,11,15,17-19H2,1-3H3. The summed E-state index contributed by atoms with van der Waals surface area (Å²) in [7, 11) is 4.45. The Morgan fingerprint density at radius 2 is 1.74 bits per heavy atom. The number of nitrogens with zero attached hydrogens (tertiary/aromatic N) is 1. The molecule has 1 saturated carbocycles. The van der Waals surface area contributed by atoms with Crippen LogP contribution < -0.4 is 0 Å². The van der Waals surface area contributed by atoms with Crippen molar-refractivity contribution in [3.05, 3.63) is 71.4 Å². The molecule has 0 bridgehead atoms. The van der Waals surface area contributed by atoms with Gasteiger partial charge in [0, 0.05) is 28.1 Å². The van der Waals surface area contributed by atoms with Gasteiger partial charge in [-0.2, -0.15) is 0 Å². The van der Waals surface area contributed by atoms with Crippen LogP contribution in [0.4, 0.5) is 0 Å². The quantitative estimate of drug-likeness (QED) is 0.473. The van der Waals surface area contributed by atoms with Gasteiger partial charge in [-0.25, -0.2) is 0 Å². The first-order valence-electron chi connectivity index (χ1n) is 12.1. The summed E-state index contributed by atoms with van der Waals surface area (Å²) in [6.07, 6.45) is 8.80. The molecule has 4 unspecified atom stereocenters. The molecule has 1 aromatic heterocycles. The highest BCUT2D eigenvalue weighted by Gasteiger charge is 2.41. The molecule has 0 spiro atoms. The largest absolute Gasteiger partial charge is 0.368 e. The van der Waals surface area contributed by atoms with Gasteiger partial charge in [-0.3, -0.25) is 4.90 Å². The maximum Gasteiger partial charge on any atom is 0.0980 e. The average Bonchev–Trinajstić information content (AvgIpc) is 3.20. The van der Waals surface area contributed by atoms with Crippen molar-refractivity contribution in [2.24, 2.45) is 0 Å². The zero-order valence-corrected chi connectivity index (χ0v) is 19.2. The first-order valence-corrected chi connectivity index (χ1v) is 12.1. The highest BCUT2D eigenvalue weighted by Crippen LogP contribution is 2.49. The lowest BCUT2D eigenvalue weighted by molar-refractivity contribution is -0.0680. The monoisotopic (exact) mass is 416 g/mol. The van der Waals surface area contributed by atoms with Crippen LogP contribution in [-0.4, -0.2) is 30.1 Å². The number of H-pyrrole nitrogens is 1. The van der Waals surface area contributed by atoms with E-state index >= 15 is 0 Å². The second-order valence-corrected chi connectivity index (χ2v) is 9.74. The van der Waals surface area contributed by atoms with Gasteiger partial charge >= 0.3 is 0 Å². The number of benzene rings is 2. The summed E-state index contributed by atoms with van der Waals surface area (Å²) in [5.41, 5.74) is 5.61. The predicted octanol–water partition coefficient (Wildman–Crippen LogP) is 6.91. The zero-order valence-electron chi connectivity index (χ0n) is 19.2. The molecule has 1 N–H and O–H groups in total. The fourth-order valence-corrected chi connectivity index (χ4v) is 6.36. The van der Waals surface area contributed by atoms with Gasteiger partial charge in [0.15, 0.2) is 0 Å². The summed E-state index contributed by atoms with van der Waals surface area (Å²) in [5.74, 6) is 0.551. The number of fused-ring (bicyclic) bond motifs is 5. The van der Waals surface area contributed by atoms with Gasteiger partial charge in [0.1, 0.15) is 0 Å². The number of hydrogen-bond acceptors (Lipinski definition) is 2. The third kappa shape index (κ3) is 3.52. The van der Waals surface area contributed by atoms with Gasteiger partial charge in [-0.1, -0.05) is 68.3 Å². The van der Waals surface area contributed by atoms with Gasteiger partial charge < -0.3 is 9.72 Å². The Bertz CT molecular complexity index is 1020. The molecule has 3 aromatic rings. The summed E-state index contributed by atoms with van der Waals surface area (Å²) in [6, 6.07) is 19.9. The Kier molecular flexibility index (Phi) is 5.66. The molecule has 3 nitrogen and oxygen atoms in total. The predicted molar refractivity (Wildman–Crippen MR) is 128 cm³/mol. The van der Waals surface area contributed by atoms with Crippen LogP contribution in [-0.2, 0) is 10.3 Å². The molecule has 1 fully saturated rings. The Balaban J connectivity index is 1.50. The van der Waals surface area contributed by atoms with Gasteiger partial charge in [-0.05, 0) is 63.4 Å². The lowest BCUT2D eigenvalue weighted by Gasteiger charge is -2.43.